The minimum absolute atomic E-state index is 0.0508. The first-order chi connectivity index (χ1) is 6.96. The van der Waals surface area contributed by atoms with Gasteiger partial charge in [0.05, 0.1) is 17.1 Å². The van der Waals surface area contributed by atoms with Crippen molar-refractivity contribution in [3.05, 3.63) is 18.0 Å². The standard InChI is InChI=1S/C10H15N3.C2H6/c1-10(2,3)9-8(11)7(12-4)5-6-13-9;1-2/h5-6H,4,11H2,1-3H3;1-2H3. The molecule has 2 N–H and O–H groups in total. The molecule has 0 fully saturated rings. The second-order valence-corrected chi connectivity index (χ2v) is 4.00. The summed E-state index contributed by atoms with van der Waals surface area (Å²) in [5.74, 6) is 0. The Morgan fingerprint density at radius 3 is 2.27 bits per heavy atom. The average Bonchev–Trinajstić information content (AvgIpc) is 2.19. The fourth-order valence-electron chi connectivity index (χ4n) is 1.20. The van der Waals surface area contributed by atoms with Crippen LogP contribution < -0.4 is 5.73 Å². The molecule has 0 bridgehead atoms. The second kappa shape index (κ2) is 5.49. The van der Waals surface area contributed by atoms with E-state index in [1.165, 1.54) is 0 Å². The number of hydrogen-bond acceptors (Lipinski definition) is 3. The molecule has 84 valence electrons. The van der Waals surface area contributed by atoms with Crippen LogP contribution in [0.3, 0.4) is 0 Å². The van der Waals surface area contributed by atoms with Crippen molar-refractivity contribution in [3.63, 3.8) is 0 Å². The van der Waals surface area contributed by atoms with Crippen molar-refractivity contribution in [3.8, 4) is 0 Å². The van der Waals surface area contributed by atoms with Gasteiger partial charge in [-0.2, -0.15) is 0 Å². The predicted molar refractivity (Wildman–Crippen MR) is 67.9 cm³/mol. The molecule has 0 amide bonds. The molecule has 0 aliphatic heterocycles. The van der Waals surface area contributed by atoms with Gasteiger partial charge in [0.15, 0.2) is 0 Å². The molecule has 0 spiro atoms. The molecule has 0 saturated heterocycles. The predicted octanol–water partition coefficient (Wildman–Crippen LogP) is 3.32. The number of aromatic nitrogens is 1. The van der Waals surface area contributed by atoms with Crippen LogP contribution in [0.5, 0.6) is 0 Å². The number of nitrogens with zero attached hydrogens (tertiary/aromatic N) is 2. The zero-order valence-corrected chi connectivity index (χ0v) is 10.3. The van der Waals surface area contributed by atoms with E-state index < -0.39 is 0 Å². The molecule has 0 atom stereocenters. The zero-order valence-electron chi connectivity index (χ0n) is 10.3. The normalized spacial score (nSPS) is 10.2. The SMILES string of the molecule is C=Nc1ccnc(C(C)(C)C)c1N.CC. The van der Waals surface area contributed by atoms with Crippen LogP contribution in [-0.4, -0.2) is 11.7 Å². The largest absolute Gasteiger partial charge is 0.395 e. The lowest BCUT2D eigenvalue weighted by molar-refractivity contribution is 0.572. The molecule has 1 aromatic rings. The van der Waals surface area contributed by atoms with Gasteiger partial charge in [-0.1, -0.05) is 34.6 Å². The van der Waals surface area contributed by atoms with Gasteiger partial charge >= 0.3 is 0 Å². The van der Waals surface area contributed by atoms with Gasteiger partial charge in [0.25, 0.3) is 0 Å². The van der Waals surface area contributed by atoms with E-state index in [0.717, 1.165) is 5.69 Å². The van der Waals surface area contributed by atoms with Gasteiger partial charge in [-0.15, -0.1) is 0 Å². The summed E-state index contributed by atoms with van der Waals surface area (Å²) in [5, 5.41) is 0. The Labute approximate surface area is 92.4 Å². The Hall–Kier alpha value is -1.38. The first-order valence-electron chi connectivity index (χ1n) is 5.18. The molecule has 0 radical (unpaired) electrons. The van der Waals surface area contributed by atoms with Crippen LogP contribution in [-0.2, 0) is 5.41 Å². The van der Waals surface area contributed by atoms with Gasteiger partial charge in [-0.05, 0) is 12.8 Å². The first-order valence-corrected chi connectivity index (χ1v) is 5.18. The topological polar surface area (TPSA) is 51.3 Å². The summed E-state index contributed by atoms with van der Waals surface area (Å²) in [5.41, 5.74) is 8.04. The molecule has 0 aliphatic rings. The molecule has 1 rings (SSSR count). The third-order valence-corrected chi connectivity index (χ3v) is 1.85. The fourth-order valence-corrected chi connectivity index (χ4v) is 1.20. The summed E-state index contributed by atoms with van der Waals surface area (Å²) in [4.78, 5) is 8.07. The van der Waals surface area contributed by atoms with Crippen molar-refractivity contribution < 1.29 is 0 Å². The Morgan fingerprint density at radius 1 is 1.33 bits per heavy atom. The highest BCUT2D eigenvalue weighted by Gasteiger charge is 2.19. The third-order valence-electron chi connectivity index (χ3n) is 1.85. The van der Waals surface area contributed by atoms with E-state index in [4.69, 9.17) is 5.73 Å². The molecule has 0 unspecified atom stereocenters. The highest BCUT2D eigenvalue weighted by atomic mass is 14.8. The zero-order chi connectivity index (χ0) is 12.1. The molecular weight excluding hydrogens is 186 g/mol. The highest BCUT2D eigenvalue weighted by molar-refractivity contribution is 5.67. The Kier molecular flexibility index (Phi) is 4.98. The van der Waals surface area contributed by atoms with Crippen molar-refractivity contribution >= 4 is 18.1 Å². The van der Waals surface area contributed by atoms with Crippen LogP contribution in [0.2, 0.25) is 0 Å². The van der Waals surface area contributed by atoms with E-state index in [1.54, 1.807) is 12.3 Å². The highest BCUT2D eigenvalue weighted by Crippen LogP contribution is 2.31. The van der Waals surface area contributed by atoms with Gasteiger partial charge in [-0.3, -0.25) is 9.98 Å². The van der Waals surface area contributed by atoms with Crippen LogP contribution in [0, 0.1) is 0 Å². The molecule has 0 aliphatic carbocycles. The van der Waals surface area contributed by atoms with E-state index in [2.05, 4.69) is 37.5 Å². The summed E-state index contributed by atoms with van der Waals surface area (Å²) in [6.07, 6.45) is 1.71. The quantitative estimate of drug-likeness (QED) is 0.718. The molecule has 0 aromatic carbocycles. The number of hydrogen-bond donors (Lipinski definition) is 1. The summed E-state index contributed by atoms with van der Waals surface area (Å²) < 4.78 is 0. The number of aliphatic imine (C=N–C) groups is 1. The average molecular weight is 207 g/mol. The van der Waals surface area contributed by atoms with Crippen LogP contribution in [0.25, 0.3) is 0 Å². The number of nitrogen functional groups attached to an aromatic ring is 1. The number of rotatable bonds is 1. The monoisotopic (exact) mass is 207 g/mol. The van der Waals surface area contributed by atoms with Crippen LogP contribution >= 0.6 is 0 Å². The van der Waals surface area contributed by atoms with Gasteiger partial charge in [-0.25, -0.2) is 0 Å². The van der Waals surface area contributed by atoms with Crippen molar-refractivity contribution in [2.45, 2.75) is 40.0 Å². The van der Waals surface area contributed by atoms with Crippen LogP contribution in [0.1, 0.15) is 40.3 Å². The molecule has 15 heavy (non-hydrogen) atoms. The lowest BCUT2D eigenvalue weighted by Gasteiger charge is -2.20. The summed E-state index contributed by atoms with van der Waals surface area (Å²) in [6, 6.07) is 1.76. The third kappa shape index (κ3) is 3.35. The van der Waals surface area contributed by atoms with Gasteiger partial charge in [0.2, 0.25) is 0 Å². The number of anilines is 1. The molecule has 3 heteroatoms. The smallest absolute Gasteiger partial charge is 0.0885 e. The van der Waals surface area contributed by atoms with Crippen molar-refractivity contribution in [1.82, 2.24) is 4.98 Å². The van der Waals surface area contributed by atoms with Crippen LogP contribution in [0.15, 0.2) is 17.3 Å². The number of nitrogens with two attached hydrogens (primary N) is 1. The maximum absolute atomic E-state index is 5.88. The molecule has 1 aromatic heterocycles. The van der Waals surface area contributed by atoms with Crippen molar-refractivity contribution in [2.24, 2.45) is 4.99 Å². The second-order valence-electron chi connectivity index (χ2n) is 4.00. The van der Waals surface area contributed by atoms with Crippen molar-refractivity contribution in [1.29, 1.82) is 0 Å². The minimum Gasteiger partial charge on any atom is -0.395 e. The van der Waals surface area contributed by atoms with Gasteiger partial charge in [0.1, 0.15) is 0 Å². The maximum Gasteiger partial charge on any atom is 0.0885 e. The molecule has 1 heterocycles. The van der Waals surface area contributed by atoms with Crippen LogP contribution in [0.4, 0.5) is 11.4 Å². The first kappa shape index (κ1) is 13.6. The van der Waals surface area contributed by atoms with E-state index >= 15 is 0 Å². The number of pyridine rings is 1. The Morgan fingerprint density at radius 2 is 1.87 bits per heavy atom. The molecule has 3 nitrogen and oxygen atoms in total. The van der Waals surface area contributed by atoms with E-state index in [0.29, 0.717) is 11.4 Å². The van der Waals surface area contributed by atoms with Gasteiger partial charge < -0.3 is 5.73 Å². The van der Waals surface area contributed by atoms with Gasteiger partial charge in [0, 0.05) is 11.6 Å². The Balaban J connectivity index is 0.000000921. The fraction of sp³-hybridized carbons (Fsp3) is 0.500. The maximum atomic E-state index is 5.88. The summed E-state index contributed by atoms with van der Waals surface area (Å²) in [7, 11) is 0. The van der Waals surface area contributed by atoms with Crippen molar-refractivity contribution in [2.75, 3.05) is 5.73 Å². The molecular formula is C12H21N3. The summed E-state index contributed by atoms with van der Waals surface area (Å²) >= 11 is 0. The van der Waals surface area contributed by atoms with E-state index in [9.17, 15) is 0 Å². The minimum atomic E-state index is -0.0508. The van der Waals surface area contributed by atoms with E-state index in [1.807, 2.05) is 13.8 Å². The van der Waals surface area contributed by atoms with E-state index in [-0.39, 0.29) is 5.41 Å². The lowest BCUT2D eigenvalue weighted by Crippen LogP contribution is -2.16. The lowest BCUT2D eigenvalue weighted by atomic mass is 9.90. The summed E-state index contributed by atoms with van der Waals surface area (Å²) in [6.45, 7) is 13.7. The molecule has 0 saturated carbocycles. The Bertz CT molecular complexity index is 324.